The van der Waals surface area contributed by atoms with Gasteiger partial charge in [0, 0.05) is 16.8 Å². The summed E-state index contributed by atoms with van der Waals surface area (Å²) in [5.41, 5.74) is 0.308. The lowest BCUT2D eigenvalue weighted by Gasteiger charge is -2.10. The zero-order valence-corrected chi connectivity index (χ0v) is 16.4. The van der Waals surface area contributed by atoms with E-state index in [4.69, 9.17) is 4.74 Å². The molecule has 0 aliphatic heterocycles. The molecule has 0 bridgehead atoms. The van der Waals surface area contributed by atoms with Crippen molar-refractivity contribution in [2.24, 2.45) is 0 Å². The first kappa shape index (κ1) is 21.3. The second-order valence-corrected chi connectivity index (χ2v) is 6.62. The van der Waals surface area contributed by atoms with Crippen LogP contribution in [0.3, 0.4) is 0 Å². The normalized spacial score (nSPS) is 10.8. The van der Waals surface area contributed by atoms with E-state index in [1.165, 1.54) is 18.2 Å². The van der Waals surface area contributed by atoms with Crippen LogP contribution in [0.25, 0.3) is 11.1 Å². The molecule has 0 atom stereocenters. The Hall–Kier alpha value is -3.00. The van der Waals surface area contributed by atoms with Gasteiger partial charge in [0.2, 0.25) is 0 Å². The Morgan fingerprint density at radius 2 is 1.89 bits per heavy atom. The zero-order chi connectivity index (χ0) is 20.8. The third kappa shape index (κ3) is 4.64. The number of Topliss-reactive ketones (excluding diaryl/α,β-unsaturated/α-hetero) is 1. The predicted molar refractivity (Wildman–Crippen MR) is 102 cm³/mol. The third-order valence-corrected chi connectivity index (χ3v) is 4.15. The number of nitrogens with one attached hydrogen (secondary N) is 3. The fraction of sp³-hybridized carbons (Fsp3) is 0.350. The van der Waals surface area contributed by atoms with Gasteiger partial charge in [-0.2, -0.15) is 0 Å². The van der Waals surface area contributed by atoms with Crippen LogP contribution in [-0.4, -0.2) is 56.4 Å². The van der Waals surface area contributed by atoms with E-state index in [1.807, 2.05) is 14.1 Å². The molecule has 0 fully saturated rings. The third-order valence-electron chi connectivity index (χ3n) is 4.15. The van der Waals surface area contributed by atoms with Crippen molar-refractivity contribution in [3.05, 3.63) is 47.0 Å². The topological polar surface area (TPSA) is 92.7 Å². The molecule has 2 rings (SSSR count). The minimum atomic E-state index is -0.870. The van der Waals surface area contributed by atoms with E-state index in [2.05, 4.69) is 10.3 Å². The van der Waals surface area contributed by atoms with Crippen LogP contribution >= 0.6 is 0 Å². The van der Waals surface area contributed by atoms with Crippen molar-refractivity contribution < 1.29 is 28.4 Å². The van der Waals surface area contributed by atoms with Gasteiger partial charge >= 0.3 is 5.97 Å². The fourth-order valence-electron chi connectivity index (χ4n) is 2.81. The first-order chi connectivity index (χ1) is 13.3. The second kappa shape index (κ2) is 9.27. The average Bonchev–Trinajstić information content (AvgIpc) is 2.98. The largest absolute Gasteiger partial charge is 0.462 e. The zero-order valence-electron chi connectivity index (χ0n) is 16.4. The standard InChI is InChI=1S/C20H24FN3O4/c1-5-28-20(27)15-12(2)23-17(16(15)13-8-6-7-9-14(13)21)18(25)19(26)22-10-11-24(3)4/h6-9,23H,5,10-11H2,1-4H3,(H,22,26)/p+1. The van der Waals surface area contributed by atoms with E-state index in [-0.39, 0.29) is 29.0 Å². The smallest absolute Gasteiger partial charge is 0.340 e. The number of halogens is 1. The van der Waals surface area contributed by atoms with Gasteiger partial charge < -0.3 is 19.9 Å². The van der Waals surface area contributed by atoms with Crippen LogP contribution < -0.4 is 10.2 Å². The number of esters is 1. The van der Waals surface area contributed by atoms with Gasteiger partial charge in [-0.1, -0.05) is 18.2 Å². The van der Waals surface area contributed by atoms with Crippen molar-refractivity contribution in [3.8, 4) is 11.1 Å². The summed E-state index contributed by atoms with van der Waals surface area (Å²) in [6.07, 6.45) is 0. The van der Waals surface area contributed by atoms with Crippen molar-refractivity contribution in [3.63, 3.8) is 0 Å². The van der Waals surface area contributed by atoms with E-state index in [0.29, 0.717) is 18.8 Å². The molecule has 3 N–H and O–H groups in total. The Morgan fingerprint density at radius 1 is 1.21 bits per heavy atom. The number of carbonyl (C=O) groups excluding carboxylic acids is 3. The molecule has 0 saturated carbocycles. The Labute approximate surface area is 162 Å². The maximum atomic E-state index is 14.5. The Bertz CT molecular complexity index is 890. The number of H-pyrrole nitrogens is 1. The Morgan fingerprint density at radius 3 is 2.50 bits per heavy atom. The highest BCUT2D eigenvalue weighted by Gasteiger charge is 2.30. The first-order valence-electron chi connectivity index (χ1n) is 9.04. The molecule has 2 aromatic rings. The van der Waals surface area contributed by atoms with Crippen LogP contribution in [0.4, 0.5) is 4.39 Å². The van der Waals surface area contributed by atoms with Gasteiger partial charge in [0.15, 0.2) is 0 Å². The quantitative estimate of drug-likeness (QED) is 0.352. The average molecular weight is 390 g/mol. The first-order valence-corrected chi connectivity index (χ1v) is 9.04. The number of amides is 1. The molecule has 8 heteroatoms. The van der Waals surface area contributed by atoms with Crippen LogP contribution in [0.2, 0.25) is 0 Å². The molecule has 0 aliphatic carbocycles. The highest BCUT2D eigenvalue weighted by Crippen LogP contribution is 2.33. The van der Waals surface area contributed by atoms with E-state index in [0.717, 1.165) is 4.90 Å². The van der Waals surface area contributed by atoms with Crippen molar-refractivity contribution in [2.45, 2.75) is 13.8 Å². The van der Waals surface area contributed by atoms with Crippen molar-refractivity contribution in [2.75, 3.05) is 33.8 Å². The molecule has 0 radical (unpaired) electrons. The molecule has 0 spiro atoms. The van der Waals surface area contributed by atoms with Crippen LogP contribution in [0.15, 0.2) is 24.3 Å². The van der Waals surface area contributed by atoms with Crippen molar-refractivity contribution >= 4 is 17.7 Å². The number of aromatic nitrogens is 1. The molecular formula is C20H25FN3O4+. The van der Waals surface area contributed by atoms with E-state index in [1.54, 1.807) is 19.9 Å². The number of benzene rings is 1. The molecule has 1 heterocycles. The molecule has 150 valence electrons. The second-order valence-electron chi connectivity index (χ2n) is 6.62. The number of aromatic amines is 1. The van der Waals surface area contributed by atoms with Crippen LogP contribution in [0, 0.1) is 12.7 Å². The van der Waals surface area contributed by atoms with Crippen LogP contribution in [0.1, 0.15) is 33.5 Å². The molecule has 0 saturated heterocycles. The molecular weight excluding hydrogens is 365 g/mol. The number of likely N-dealkylation sites (N-methyl/N-ethyl adjacent to an activating group) is 1. The highest BCUT2D eigenvalue weighted by molar-refractivity contribution is 6.43. The molecule has 1 aromatic heterocycles. The molecule has 0 aliphatic rings. The van der Waals surface area contributed by atoms with Crippen molar-refractivity contribution in [1.29, 1.82) is 0 Å². The number of ketones is 1. The molecule has 0 unspecified atom stereocenters. The summed E-state index contributed by atoms with van der Waals surface area (Å²) in [6, 6.07) is 5.76. The van der Waals surface area contributed by atoms with E-state index < -0.39 is 23.5 Å². The molecule has 1 amide bonds. The fourth-order valence-corrected chi connectivity index (χ4v) is 2.81. The van der Waals surface area contributed by atoms with Crippen LogP contribution in [-0.2, 0) is 9.53 Å². The summed E-state index contributed by atoms with van der Waals surface area (Å²) < 4.78 is 19.5. The van der Waals surface area contributed by atoms with Gasteiger partial charge in [0.25, 0.3) is 11.7 Å². The van der Waals surface area contributed by atoms with Gasteiger partial charge in [0.1, 0.15) is 11.5 Å². The lowest BCUT2D eigenvalue weighted by molar-refractivity contribution is -0.856. The summed E-state index contributed by atoms with van der Waals surface area (Å²) >= 11 is 0. The summed E-state index contributed by atoms with van der Waals surface area (Å²) in [7, 11) is 3.84. The number of aryl methyl sites for hydroxylation is 1. The van der Waals surface area contributed by atoms with Crippen molar-refractivity contribution in [1.82, 2.24) is 10.3 Å². The minimum Gasteiger partial charge on any atom is -0.462 e. The number of hydrogen-bond acceptors (Lipinski definition) is 4. The summed E-state index contributed by atoms with van der Waals surface area (Å²) in [6.45, 7) is 4.29. The Kier molecular flexibility index (Phi) is 7.06. The van der Waals surface area contributed by atoms with Gasteiger partial charge in [0.05, 0.1) is 39.4 Å². The number of ether oxygens (including phenoxy) is 1. The summed E-state index contributed by atoms with van der Waals surface area (Å²) in [5.74, 6) is -3.00. The van der Waals surface area contributed by atoms with Gasteiger partial charge in [-0.05, 0) is 19.9 Å². The van der Waals surface area contributed by atoms with Crippen LogP contribution in [0.5, 0.6) is 0 Å². The maximum absolute atomic E-state index is 14.5. The van der Waals surface area contributed by atoms with E-state index >= 15 is 0 Å². The summed E-state index contributed by atoms with van der Waals surface area (Å²) in [4.78, 5) is 41.4. The summed E-state index contributed by atoms with van der Waals surface area (Å²) in [5, 5.41) is 2.55. The lowest BCUT2D eigenvalue weighted by Crippen LogP contribution is -3.06. The van der Waals surface area contributed by atoms with Gasteiger partial charge in [-0.25, -0.2) is 9.18 Å². The number of carbonyl (C=O) groups is 3. The number of quaternary nitrogens is 1. The minimum absolute atomic E-state index is 0.0347. The molecule has 7 nitrogen and oxygen atoms in total. The van der Waals surface area contributed by atoms with E-state index in [9.17, 15) is 18.8 Å². The molecule has 28 heavy (non-hydrogen) atoms. The number of hydrogen-bond donors (Lipinski definition) is 3. The monoisotopic (exact) mass is 390 g/mol. The predicted octanol–water partition coefficient (Wildman–Crippen LogP) is 0.749. The molecule has 1 aromatic carbocycles. The number of rotatable bonds is 8. The highest BCUT2D eigenvalue weighted by atomic mass is 19.1. The Balaban J connectivity index is 2.51. The van der Waals surface area contributed by atoms with Gasteiger partial charge in [-0.15, -0.1) is 0 Å². The van der Waals surface area contributed by atoms with Gasteiger partial charge in [-0.3, -0.25) is 9.59 Å². The SMILES string of the molecule is CCOC(=O)c1c(C)[nH]c(C(=O)C(=O)NCC[NH+](C)C)c1-c1ccccc1F. The lowest BCUT2D eigenvalue weighted by atomic mass is 9.98. The maximum Gasteiger partial charge on any atom is 0.340 e.